The van der Waals surface area contributed by atoms with Crippen molar-refractivity contribution in [3.8, 4) is 11.5 Å². The molecule has 0 aliphatic heterocycles. The van der Waals surface area contributed by atoms with Crippen LogP contribution >= 0.6 is 0 Å². The van der Waals surface area contributed by atoms with Crippen LogP contribution < -0.4 is 0 Å². The Bertz CT molecular complexity index is 272. The Morgan fingerprint density at radius 2 is 1.80 bits per heavy atom. The quantitative estimate of drug-likeness (QED) is 0.352. The van der Waals surface area contributed by atoms with E-state index in [0.29, 0.717) is 5.92 Å². The van der Waals surface area contributed by atoms with E-state index in [1.165, 1.54) is 25.7 Å². The summed E-state index contributed by atoms with van der Waals surface area (Å²) >= 11 is 0. The third kappa shape index (κ3) is 4.71. The van der Waals surface area contributed by atoms with Gasteiger partial charge in [-0.25, -0.2) is 0 Å². The van der Waals surface area contributed by atoms with Crippen molar-refractivity contribution in [3.63, 3.8) is 0 Å². The van der Waals surface area contributed by atoms with Crippen molar-refractivity contribution in [1.82, 2.24) is 0 Å². The van der Waals surface area contributed by atoms with Gasteiger partial charge in [-0.2, -0.15) is 0 Å². The second kappa shape index (κ2) is 5.56. The zero-order valence-corrected chi connectivity index (χ0v) is 11.6. The second-order valence-electron chi connectivity index (χ2n) is 5.60. The second-order valence-corrected chi connectivity index (χ2v) is 10.3. The van der Waals surface area contributed by atoms with Gasteiger partial charge in [0, 0.05) is 5.92 Å². The molecule has 1 saturated carbocycles. The maximum absolute atomic E-state index is 3.56. The normalized spacial score (nSPS) is 27.5. The van der Waals surface area contributed by atoms with Gasteiger partial charge in [0.15, 0.2) is 0 Å². The van der Waals surface area contributed by atoms with E-state index >= 15 is 0 Å². The Hall–Kier alpha value is -0.483. The predicted octanol–water partition coefficient (Wildman–Crippen LogP) is 4.25. The summed E-state index contributed by atoms with van der Waals surface area (Å²) < 4.78 is 0. The third-order valence-corrected chi connectivity index (χ3v) is 3.79. The molecule has 0 radical (unpaired) electrons. The molecule has 1 fully saturated rings. The number of hydrogen-bond acceptors (Lipinski definition) is 0. The van der Waals surface area contributed by atoms with Gasteiger partial charge in [0.2, 0.25) is 0 Å². The first-order chi connectivity index (χ1) is 7.03. The number of hydrogen-bond donors (Lipinski definition) is 0. The van der Waals surface area contributed by atoms with Crippen LogP contribution in [0, 0.1) is 23.3 Å². The van der Waals surface area contributed by atoms with Gasteiger partial charge in [-0.1, -0.05) is 44.6 Å². The molecule has 1 aliphatic rings. The Kier molecular flexibility index (Phi) is 4.66. The van der Waals surface area contributed by atoms with Crippen LogP contribution in [0.1, 0.15) is 32.6 Å². The third-order valence-electron chi connectivity index (χ3n) is 2.89. The van der Waals surface area contributed by atoms with Gasteiger partial charge in [0.1, 0.15) is 8.07 Å². The molecule has 1 heteroatoms. The minimum absolute atomic E-state index is 0.640. The zero-order valence-electron chi connectivity index (χ0n) is 10.6. The van der Waals surface area contributed by atoms with Crippen LogP contribution in [-0.4, -0.2) is 8.07 Å². The summed E-state index contributed by atoms with van der Waals surface area (Å²) in [6, 6.07) is 0. The van der Waals surface area contributed by atoms with E-state index < -0.39 is 8.07 Å². The van der Waals surface area contributed by atoms with Gasteiger partial charge in [-0.15, -0.1) is 11.5 Å². The highest BCUT2D eigenvalue weighted by Gasteiger charge is 2.21. The summed E-state index contributed by atoms with van der Waals surface area (Å²) in [5.74, 6) is 4.93. The lowest BCUT2D eigenvalue weighted by Crippen LogP contribution is -2.20. The molecule has 84 valence electrons. The molecule has 0 aromatic rings. The molecule has 0 aromatic carbocycles. The first-order valence-electron chi connectivity index (χ1n) is 6.18. The Labute approximate surface area is 96.2 Å². The molecule has 0 nitrogen and oxygen atoms in total. The van der Waals surface area contributed by atoms with Crippen LogP contribution in [0.2, 0.25) is 19.6 Å². The van der Waals surface area contributed by atoms with E-state index in [4.69, 9.17) is 0 Å². The maximum atomic E-state index is 3.56. The van der Waals surface area contributed by atoms with Crippen molar-refractivity contribution in [1.29, 1.82) is 0 Å². The van der Waals surface area contributed by atoms with E-state index in [-0.39, 0.29) is 0 Å². The molecule has 0 heterocycles. The lowest BCUT2D eigenvalue weighted by molar-refractivity contribution is 0.347. The zero-order chi connectivity index (χ0) is 11.3. The standard InChI is InChI=1S/C14H24Si/c1-5-8-13-9-6-7-10-14(13)11-12-15(2,3)4/h5,8,13-14H,6-7,9-10H2,1-4H3/b8-5+/t13-,14+/m0/s1. The molecule has 0 unspecified atom stereocenters. The van der Waals surface area contributed by atoms with Crippen molar-refractivity contribution >= 4 is 8.07 Å². The first-order valence-corrected chi connectivity index (χ1v) is 9.68. The van der Waals surface area contributed by atoms with Crippen molar-refractivity contribution < 1.29 is 0 Å². The van der Waals surface area contributed by atoms with Gasteiger partial charge in [-0.3, -0.25) is 0 Å². The fourth-order valence-corrected chi connectivity index (χ4v) is 2.74. The highest BCUT2D eigenvalue weighted by atomic mass is 28.3. The van der Waals surface area contributed by atoms with E-state index in [1.807, 2.05) is 0 Å². The molecule has 0 spiro atoms. The molecule has 2 atom stereocenters. The average Bonchev–Trinajstić information content (AvgIpc) is 2.16. The predicted molar refractivity (Wildman–Crippen MR) is 71.4 cm³/mol. The van der Waals surface area contributed by atoms with E-state index in [0.717, 1.165) is 5.92 Å². The largest absolute Gasteiger partial charge is 0.132 e. The molecule has 15 heavy (non-hydrogen) atoms. The Balaban J connectivity index is 2.67. The minimum Gasteiger partial charge on any atom is -0.132 e. The fourth-order valence-electron chi connectivity index (χ4n) is 2.13. The van der Waals surface area contributed by atoms with Crippen LogP contribution in [0.15, 0.2) is 12.2 Å². The van der Waals surface area contributed by atoms with Gasteiger partial charge in [0.05, 0.1) is 0 Å². The summed E-state index contributed by atoms with van der Waals surface area (Å²) in [7, 11) is -1.18. The lowest BCUT2D eigenvalue weighted by atomic mass is 9.79. The summed E-state index contributed by atoms with van der Waals surface area (Å²) in [4.78, 5) is 0. The van der Waals surface area contributed by atoms with Crippen LogP contribution in [0.5, 0.6) is 0 Å². The minimum atomic E-state index is -1.18. The molecule has 0 bridgehead atoms. The molecule has 1 rings (SSSR count). The topological polar surface area (TPSA) is 0 Å². The van der Waals surface area contributed by atoms with Gasteiger partial charge < -0.3 is 0 Å². The smallest absolute Gasteiger partial charge is 0.129 e. The lowest BCUT2D eigenvalue weighted by Gasteiger charge is -2.25. The summed E-state index contributed by atoms with van der Waals surface area (Å²) in [5.41, 5.74) is 3.53. The molecule has 0 N–H and O–H groups in total. The molecule has 0 amide bonds. The summed E-state index contributed by atoms with van der Waals surface area (Å²) in [5, 5.41) is 0. The molecular formula is C14H24Si. The monoisotopic (exact) mass is 220 g/mol. The van der Waals surface area contributed by atoms with Crippen LogP contribution in [0.3, 0.4) is 0 Å². The van der Waals surface area contributed by atoms with Gasteiger partial charge >= 0.3 is 0 Å². The molecular weight excluding hydrogens is 196 g/mol. The number of rotatable bonds is 1. The van der Waals surface area contributed by atoms with E-state index in [2.05, 4.69) is 50.2 Å². The van der Waals surface area contributed by atoms with E-state index in [9.17, 15) is 0 Å². The average molecular weight is 220 g/mol. The maximum Gasteiger partial charge on any atom is 0.129 e. The first kappa shape index (κ1) is 12.6. The summed E-state index contributed by atoms with van der Waals surface area (Å²) in [6.45, 7) is 9.10. The molecule has 1 aliphatic carbocycles. The van der Waals surface area contributed by atoms with Crippen LogP contribution in [0.25, 0.3) is 0 Å². The van der Waals surface area contributed by atoms with Crippen molar-refractivity contribution in [3.05, 3.63) is 12.2 Å². The van der Waals surface area contributed by atoms with Crippen LogP contribution in [0.4, 0.5) is 0 Å². The Morgan fingerprint density at radius 3 is 2.40 bits per heavy atom. The van der Waals surface area contributed by atoms with Gasteiger partial charge in [0.25, 0.3) is 0 Å². The Morgan fingerprint density at radius 1 is 1.13 bits per heavy atom. The van der Waals surface area contributed by atoms with Crippen molar-refractivity contribution in [2.45, 2.75) is 52.2 Å². The summed E-state index contributed by atoms with van der Waals surface area (Å²) in [6.07, 6.45) is 9.98. The van der Waals surface area contributed by atoms with Crippen molar-refractivity contribution in [2.75, 3.05) is 0 Å². The SMILES string of the molecule is C/C=C/[C@H]1CCCC[C@@H]1C#C[Si](C)(C)C. The van der Waals surface area contributed by atoms with Crippen LogP contribution in [-0.2, 0) is 0 Å². The van der Waals surface area contributed by atoms with E-state index in [1.54, 1.807) is 0 Å². The molecule has 0 aromatic heterocycles. The number of allylic oxidation sites excluding steroid dienone is 2. The highest BCUT2D eigenvalue weighted by molar-refractivity contribution is 6.83. The fraction of sp³-hybridized carbons (Fsp3) is 0.714. The highest BCUT2D eigenvalue weighted by Crippen LogP contribution is 2.30. The molecule has 0 saturated heterocycles. The van der Waals surface area contributed by atoms with Gasteiger partial charge in [-0.05, 0) is 25.7 Å². The van der Waals surface area contributed by atoms with Crippen molar-refractivity contribution in [2.24, 2.45) is 11.8 Å².